The molecule has 0 aliphatic carbocycles. The second kappa shape index (κ2) is 42.9. The van der Waals surface area contributed by atoms with Crippen molar-refractivity contribution in [2.24, 2.45) is 0 Å². The minimum absolute atomic E-state index is 0.0251. The third-order valence-electron chi connectivity index (χ3n) is 6.97. The Labute approximate surface area is 286 Å². The Hall–Kier alpha value is -1.15. The molecule has 0 amide bonds. The van der Waals surface area contributed by atoms with Gasteiger partial charge in [-0.2, -0.15) is 0 Å². The summed E-state index contributed by atoms with van der Waals surface area (Å²) >= 11 is 0. The molecule has 0 atom stereocenters. The molecule has 0 aromatic carbocycles. The van der Waals surface area contributed by atoms with Gasteiger partial charge in [0, 0.05) is 6.42 Å². The van der Waals surface area contributed by atoms with Gasteiger partial charge in [0.25, 0.3) is 0 Å². The van der Waals surface area contributed by atoms with Crippen molar-refractivity contribution < 1.29 is 52.5 Å². The predicted molar refractivity (Wildman–Crippen MR) is 184 cm³/mol. The van der Waals surface area contributed by atoms with Crippen molar-refractivity contribution in [2.45, 2.75) is 96.8 Å². The number of ether oxygens (including phenoxy) is 9. The molecule has 0 spiro atoms. The number of unbranched alkanes of at least 4 members (excludes halogenated alkanes) is 11. The zero-order valence-electron chi connectivity index (χ0n) is 29.8. The van der Waals surface area contributed by atoms with Crippen LogP contribution in [0.1, 0.15) is 96.8 Å². The summed E-state index contributed by atoms with van der Waals surface area (Å²) in [6.07, 6.45) is 21.3. The number of carbonyl (C=O) groups excluding carboxylic acids is 1. The largest absolute Gasteiger partial charge is 0.463 e. The number of hydrogen-bond acceptors (Lipinski definition) is 11. The molecule has 0 fully saturated rings. The minimum Gasteiger partial charge on any atom is -0.463 e. The molecule has 11 heteroatoms. The van der Waals surface area contributed by atoms with Gasteiger partial charge in [-0.1, -0.05) is 70.4 Å². The maximum atomic E-state index is 11.9. The molecule has 0 saturated heterocycles. The quantitative estimate of drug-likeness (QED) is 0.0488. The zero-order chi connectivity index (χ0) is 34.0. The Balaban J connectivity index is 3.16. The lowest BCUT2D eigenvalue weighted by Gasteiger charge is -2.09. The topological polar surface area (TPSA) is 120 Å². The first-order valence-electron chi connectivity index (χ1n) is 18.3. The first kappa shape index (κ1) is 45.9. The van der Waals surface area contributed by atoms with E-state index in [2.05, 4.69) is 19.1 Å². The number of aliphatic hydroxyl groups is 1. The summed E-state index contributed by atoms with van der Waals surface area (Å²) in [7, 11) is 0. The second-order valence-corrected chi connectivity index (χ2v) is 11.2. The van der Waals surface area contributed by atoms with Crippen LogP contribution in [-0.2, 0) is 47.4 Å². The Kier molecular flexibility index (Phi) is 41.8. The van der Waals surface area contributed by atoms with E-state index in [0.29, 0.717) is 112 Å². The highest BCUT2D eigenvalue weighted by atomic mass is 16.6. The van der Waals surface area contributed by atoms with Crippen LogP contribution in [-0.4, -0.2) is 130 Å². The van der Waals surface area contributed by atoms with Crippen LogP contribution >= 0.6 is 0 Å². The third-order valence-corrected chi connectivity index (χ3v) is 6.97. The fourth-order valence-corrected chi connectivity index (χ4v) is 4.33. The lowest BCUT2D eigenvalue weighted by atomic mass is 10.1. The molecule has 1 N–H and O–H groups in total. The van der Waals surface area contributed by atoms with E-state index in [1.807, 2.05) is 0 Å². The van der Waals surface area contributed by atoms with Crippen LogP contribution in [0.25, 0.3) is 0 Å². The van der Waals surface area contributed by atoms with Crippen molar-refractivity contribution >= 4 is 5.97 Å². The smallest absolute Gasteiger partial charge is 0.305 e. The number of carbonyl (C=O) groups is 1. The molecule has 0 radical (unpaired) electrons. The number of esters is 1. The van der Waals surface area contributed by atoms with E-state index < -0.39 is 0 Å². The summed E-state index contributed by atoms with van der Waals surface area (Å²) in [4.78, 5) is 11.9. The molecule has 0 aromatic rings. The van der Waals surface area contributed by atoms with E-state index in [1.54, 1.807) is 0 Å². The van der Waals surface area contributed by atoms with Gasteiger partial charge in [0.1, 0.15) is 6.61 Å². The van der Waals surface area contributed by atoms with Gasteiger partial charge in [-0.05, 0) is 32.1 Å². The molecular formula is C36H70O11. The first-order valence-corrected chi connectivity index (χ1v) is 18.3. The van der Waals surface area contributed by atoms with Gasteiger partial charge in [0.05, 0.1) is 112 Å². The summed E-state index contributed by atoms with van der Waals surface area (Å²) in [5, 5.41) is 8.58. The summed E-state index contributed by atoms with van der Waals surface area (Å²) < 4.78 is 48.4. The zero-order valence-corrected chi connectivity index (χ0v) is 29.8. The van der Waals surface area contributed by atoms with Gasteiger partial charge in [-0.3, -0.25) is 4.79 Å². The Bertz CT molecular complexity index is 622. The summed E-state index contributed by atoms with van der Waals surface area (Å²) in [5.41, 5.74) is 0. The molecule has 0 rings (SSSR count). The summed E-state index contributed by atoms with van der Waals surface area (Å²) in [6, 6.07) is 0. The number of hydrogen-bond donors (Lipinski definition) is 1. The van der Waals surface area contributed by atoms with E-state index in [0.717, 1.165) is 12.8 Å². The fraction of sp³-hybridized carbons (Fsp3) is 0.917. The standard InChI is InChI=1S/C36H70O11/c1-2-3-4-5-6-7-8-9-10-11-12-13-14-15-16-17-36(38)47-35-34-46-33-32-45-31-30-44-29-28-43-27-26-42-25-24-41-23-22-40-21-20-39-19-18-37/h9-10,37H,2-8,11-35H2,1H3/b10-9+. The molecule has 0 aliphatic heterocycles. The molecule has 0 bridgehead atoms. The molecule has 11 nitrogen and oxygen atoms in total. The molecule has 0 heterocycles. The van der Waals surface area contributed by atoms with Crippen molar-refractivity contribution in [1.29, 1.82) is 0 Å². The Morgan fingerprint density at radius 3 is 1.13 bits per heavy atom. The molecule has 0 saturated carbocycles. The molecule has 0 unspecified atom stereocenters. The third kappa shape index (κ3) is 42.8. The van der Waals surface area contributed by atoms with Crippen LogP contribution in [0.2, 0.25) is 0 Å². The number of allylic oxidation sites excluding steroid dienone is 2. The van der Waals surface area contributed by atoms with Gasteiger partial charge in [-0.15, -0.1) is 0 Å². The van der Waals surface area contributed by atoms with E-state index in [4.69, 9.17) is 47.7 Å². The van der Waals surface area contributed by atoms with Crippen molar-refractivity contribution in [3.05, 3.63) is 12.2 Å². The van der Waals surface area contributed by atoms with E-state index in [-0.39, 0.29) is 19.2 Å². The predicted octanol–water partition coefficient (Wildman–Crippen LogP) is 5.69. The van der Waals surface area contributed by atoms with Gasteiger partial charge < -0.3 is 47.7 Å². The lowest BCUT2D eigenvalue weighted by Crippen LogP contribution is -2.15. The molecule has 0 aromatic heterocycles. The molecular weight excluding hydrogens is 608 g/mol. The van der Waals surface area contributed by atoms with Crippen LogP contribution in [0.5, 0.6) is 0 Å². The van der Waals surface area contributed by atoms with Gasteiger partial charge >= 0.3 is 5.97 Å². The normalized spacial score (nSPS) is 11.6. The highest BCUT2D eigenvalue weighted by Crippen LogP contribution is 2.10. The lowest BCUT2D eigenvalue weighted by molar-refractivity contribution is -0.145. The molecule has 47 heavy (non-hydrogen) atoms. The van der Waals surface area contributed by atoms with E-state index in [9.17, 15) is 4.79 Å². The average Bonchev–Trinajstić information content (AvgIpc) is 3.08. The summed E-state index contributed by atoms with van der Waals surface area (Å²) in [6.45, 7) is 10.2. The van der Waals surface area contributed by atoms with Crippen molar-refractivity contribution in [3.8, 4) is 0 Å². The van der Waals surface area contributed by atoms with Crippen molar-refractivity contribution in [1.82, 2.24) is 0 Å². The average molecular weight is 679 g/mol. The van der Waals surface area contributed by atoms with E-state index >= 15 is 0 Å². The maximum absolute atomic E-state index is 11.9. The van der Waals surface area contributed by atoms with Crippen LogP contribution in [0.4, 0.5) is 0 Å². The fourth-order valence-electron chi connectivity index (χ4n) is 4.33. The first-order chi connectivity index (χ1) is 23.3. The van der Waals surface area contributed by atoms with Gasteiger partial charge in [-0.25, -0.2) is 0 Å². The van der Waals surface area contributed by atoms with Crippen LogP contribution in [0.15, 0.2) is 12.2 Å². The van der Waals surface area contributed by atoms with Crippen LogP contribution < -0.4 is 0 Å². The monoisotopic (exact) mass is 678 g/mol. The highest BCUT2D eigenvalue weighted by Gasteiger charge is 2.03. The van der Waals surface area contributed by atoms with Crippen LogP contribution in [0.3, 0.4) is 0 Å². The highest BCUT2D eigenvalue weighted by molar-refractivity contribution is 5.69. The van der Waals surface area contributed by atoms with Gasteiger partial charge in [0.2, 0.25) is 0 Å². The molecule has 0 aliphatic rings. The molecule has 280 valence electrons. The second-order valence-electron chi connectivity index (χ2n) is 11.2. The van der Waals surface area contributed by atoms with Gasteiger partial charge in [0.15, 0.2) is 0 Å². The minimum atomic E-state index is -0.141. The maximum Gasteiger partial charge on any atom is 0.305 e. The summed E-state index contributed by atoms with van der Waals surface area (Å²) in [5.74, 6) is -0.141. The number of rotatable bonds is 41. The number of aliphatic hydroxyl groups excluding tert-OH is 1. The van der Waals surface area contributed by atoms with Crippen molar-refractivity contribution in [2.75, 3.05) is 119 Å². The Morgan fingerprint density at radius 1 is 0.426 bits per heavy atom. The Morgan fingerprint density at radius 2 is 0.745 bits per heavy atom. The van der Waals surface area contributed by atoms with E-state index in [1.165, 1.54) is 70.6 Å². The SMILES string of the molecule is CCCCCCCC/C=C/CCCCCCCC(=O)OCCOCCOCCOCCOCCOCCOCCOCCOCCO. The van der Waals surface area contributed by atoms with Crippen LogP contribution in [0, 0.1) is 0 Å². The van der Waals surface area contributed by atoms with Crippen molar-refractivity contribution in [3.63, 3.8) is 0 Å².